The van der Waals surface area contributed by atoms with Gasteiger partial charge in [-0.25, -0.2) is 9.59 Å². The number of aliphatic hydroxyl groups is 1. The van der Waals surface area contributed by atoms with E-state index in [0.29, 0.717) is 22.8 Å². The second-order valence-electron chi connectivity index (χ2n) is 6.47. The maximum atomic E-state index is 11.8. The van der Waals surface area contributed by atoms with Crippen molar-refractivity contribution in [2.45, 2.75) is 6.10 Å². The Kier molecular flexibility index (Phi) is 9.80. The first-order valence-corrected chi connectivity index (χ1v) is 9.69. The Balaban J connectivity index is 1.73. The summed E-state index contributed by atoms with van der Waals surface area (Å²) >= 11 is 0. The molecule has 8 nitrogen and oxygen atoms in total. The number of benzene rings is 2. The normalized spacial score (nSPS) is 11.9. The molecule has 0 aliphatic heterocycles. The summed E-state index contributed by atoms with van der Waals surface area (Å²) in [5.41, 5.74) is 1.50. The number of hydrogen-bond acceptors (Lipinski definition) is 8. The van der Waals surface area contributed by atoms with Crippen molar-refractivity contribution in [1.82, 2.24) is 0 Å². The molecule has 170 valence electrons. The van der Waals surface area contributed by atoms with Crippen molar-refractivity contribution in [1.29, 1.82) is 0 Å². The standard InChI is InChI=1S/C24H26O8/c1-28-20-9-4-17(5-10-20)7-12-23(26)31-15-19(25)16-32-24(27)13-8-18-6-11-21(29-2)22(14-18)30-3/h4-14,19,25H,15-16H2,1-3H3/b12-7?,13-8+. The number of methoxy groups -OCH3 is 3. The van der Waals surface area contributed by atoms with Crippen molar-refractivity contribution in [2.24, 2.45) is 0 Å². The highest BCUT2D eigenvalue weighted by molar-refractivity contribution is 5.87. The van der Waals surface area contributed by atoms with Gasteiger partial charge in [-0.05, 0) is 47.5 Å². The van der Waals surface area contributed by atoms with Crippen molar-refractivity contribution in [3.8, 4) is 17.2 Å². The van der Waals surface area contributed by atoms with Gasteiger partial charge in [0.2, 0.25) is 0 Å². The van der Waals surface area contributed by atoms with Gasteiger partial charge in [-0.15, -0.1) is 0 Å². The Morgan fingerprint density at radius 1 is 0.781 bits per heavy atom. The van der Waals surface area contributed by atoms with Crippen molar-refractivity contribution < 1.29 is 38.4 Å². The molecule has 32 heavy (non-hydrogen) atoms. The van der Waals surface area contributed by atoms with Gasteiger partial charge in [0.25, 0.3) is 0 Å². The number of esters is 2. The Hall–Kier alpha value is -3.78. The lowest BCUT2D eigenvalue weighted by molar-refractivity contribution is -0.146. The zero-order valence-electron chi connectivity index (χ0n) is 18.1. The number of hydrogen-bond donors (Lipinski definition) is 1. The molecular weight excluding hydrogens is 416 g/mol. The van der Waals surface area contributed by atoms with Crippen LogP contribution in [0.5, 0.6) is 17.2 Å². The minimum absolute atomic E-state index is 0.307. The van der Waals surface area contributed by atoms with Gasteiger partial charge in [0, 0.05) is 12.2 Å². The van der Waals surface area contributed by atoms with E-state index in [1.165, 1.54) is 26.4 Å². The Morgan fingerprint density at radius 2 is 1.31 bits per heavy atom. The minimum Gasteiger partial charge on any atom is -0.497 e. The lowest BCUT2D eigenvalue weighted by atomic mass is 10.2. The lowest BCUT2D eigenvalue weighted by Crippen LogP contribution is -2.24. The SMILES string of the molecule is COc1ccc(C=CC(=O)OCC(O)COC(=O)/C=C/c2ccc(OC)c(OC)c2)cc1. The molecule has 1 N–H and O–H groups in total. The topological polar surface area (TPSA) is 101 Å². The van der Waals surface area contributed by atoms with E-state index >= 15 is 0 Å². The van der Waals surface area contributed by atoms with E-state index in [1.54, 1.807) is 61.7 Å². The van der Waals surface area contributed by atoms with Crippen molar-refractivity contribution in [3.63, 3.8) is 0 Å². The lowest BCUT2D eigenvalue weighted by Gasteiger charge is -2.10. The third kappa shape index (κ3) is 8.16. The molecule has 0 heterocycles. The van der Waals surface area contributed by atoms with Gasteiger partial charge in [0.15, 0.2) is 11.5 Å². The number of rotatable bonds is 11. The zero-order valence-corrected chi connectivity index (χ0v) is 18.1. The minimum atomic E-state index is -1.15. The van der Waals surface area contributed by atoms with Crippen molar-refractivity contribution in [3.05, 3.63) is 65.7 Å². The molecule has 0 bridgehead atoms. The van der Waals surface area contributed by atoms with Gasteiger partial charge >= 0.3 is 11.9 Å². The van der Waals surface area contributed by atoms with Gasteiger partial charge in [-0.3, -0.25) is 0 Å². The third-order valence-corrected chi connectivity index (χ3v) is 4.18. The molecule has 0 amide bonds. The first kappa shape index (κ1) is 24.5. The Morgan fingerprint density at radius 3 is 1.84 bits per heavy atom. The molecule has 0 fully saturated rings. The fourth-order valence-corrected chi connectivity index (χ4v) is 2.50. The van der Waals surface area contributed by atoms with E-state index in [9.17, 15) is 14.7 Å². The maximum absolute atomic E-state index is 11.8. The predicted molar refractivity (Wildman–Crippen MR) is 119 cm³/mol. The van der Waals surface area contributed by atoms with Crippen LogP contribution in [0.1, 0.15) is 11.1 Å². The van der Waals surface area contributed by atoms with Crippen LogP contribution >= 0.6 is 0 Å². The average Bonchev–Trinajstić information content (AvgIpc) is 2.83. The predicted octanol–water partition coefficient (Wildman–Crippen LogP) is 2.89. The van der Waals surface area contributed by atoms with Gasteiger partial charge in [-0.1, -0.05) is 18.2 Å². The zero-order chi connectivity index (χ0) is 23.3. The fraction of sp³-hybridized carbons (Fsp3) is 0.250. The van der Waals surface area contributed by atoms with Crippen LogP contribution in [0.3, 0.4) is 0 Å². The summed E-state index contributed by atoms with van der Waals surface area (Å²) in [5.74, 6) is 0.537. The summed E-state index contributed by atoms with van der Waals surface area (Å²) in [6.45, 7) is -0.622. The highest BCUT2D eigenvalue weighted by atomic mass is 16.6. The van der Waals surface area contributed by atoms with Crippen LogP contribution < -0.4 is 14.2 Å². The fourth-order valence-electron chi connectivity index (χ4n) is 2.50. The van der Waals surface area contributed by atoms with Gasteiger partial charge < -0.3 is 28.8 Å². The van der Waals surface area contributed by atoms with Crippen LogP contribution in [-0.4, -0.2) is 57.7 Å². The quantitative estimate of drug-likeness (QED) is 0.419. The van der Waals surface area contributed by atoms with Crippen LogP contribution in [-0.2, 0) is 19.1 Å². The molecular formula is C24H26O8. The molecule has 0 aromatic heterocycles. The summed E-state index contributed by atoms with van der Waals surface area (Å²) in [7, 11) is 4.62. The van der Waals surface area contributed by atoms with Crippen LogP contribution in [0.2, 0.25) is 0 Å². The first-order chi connectivity index (χ1) is 15.4. The molecule has 0 saturated heterocycles. The molecule has 0 radical (unpaired) electrons. The second-order valence-corrected chi connectivity index (χ2v) is 6.47. The second kappa shape index (κ2) is 12.8. The summed E-state index contributed by atoms with van der Waals surface area (Å²) in [5, 5.41) is 9.85. The van der Waals surface area contributed by atoms with E-state index in [0.717, 1.165) is 5.56 Å². The molecule has 1 unspecified atom stereocenters. The van der Waals surface area contributed by atoms with Gasteiger partial charge in [0.1, 0.15) is 25.1 Å². The Bertz CT molecular complexity index is 947. The maximum Gasteiger partial charge on any atom is 0.330 e. The van der Waals surface area contributed by atoms with Crippen molar-refractivity contribution >= 4 is 24.1 Å². The van der Waals surface area contributed by atoms with E-state index in [4.69, 9.17) is 23.7 Å². The molecule has 2 rings (SSSR count). The molecule has 0 aliphatic rings. The summed E-state index contributed by atoms with van der Waals surface area (Å²) in [4.78, 5) is 23.6. The van der Waals surface area contributed by atoms with Gasteiger partial charge in [0.05, 0.1) is 21.3 Å². The Labute approximate surface area is 186 Å². The molecule has 8 heteroatoms. The van der Waals surface area contributed by atoms with E-state index in [1.807, 2.05) is 0 Å². The highest BCUT2D eigenvalue weighted by Gasteiger charge is 2.10. The molecule has 1 atom stereocenters. The van der Waals surface area contributed by atoms with Crippen molar-refractivity contribution in [2.75, 3.05) is 34.5 Å². The molecule has 2 aromatic carbocycles. The van der Waals surface area contributed by atoms with Crippen LogP contribution in [0.15, 0.2) is 54.6 Å². The summed E-state index contributed by atoms with van der Waals surface area (Å²) in [6.07, 6.45) is 4.43. The smallest absolute Gasteiger partial charge is 0.330 e. The van der Waals surface area contributed by atoms with Crippen LogP contribution in [0.25, 0.3) is 12.2 Å². The van der Waals surface area contributed by atoms with E-state index < -0.39 is 18.0 Å². The first-order valence-electron chi connectivity index (χ1n) is 9.69. The number of ether oxygens (including phenoxy) is 5. The third-order valence-electron chi connectivity index (χ3n) is 4.18. The summed E-state index contributed by atoms with van der Waals surface area (Å²) < 4.78 is 25.3. The molecule has 0 spiro atoms. The average molecular weight is 442 g/mol. The number of aliphatic hydroxyl groups excluding tert-OH is 1. The van der Waals surface area contributed by atoms with Crippen LogP contribution in [0.4, 0.5) is 0 Å². The van der Waals surface area contributed by atoms with Crippen LogP contribution in [0, 0.1) is 0 Å². The largest absolute Gasteiger partial charge is 0.497 e. The number of carbonyl (C=O) groups is 2. The number of carbonyl (C=O) groups excluding carboxylic acids is 2. The highest BCUT2D eigenvalue weighted by Crippen LogP contribution is 2.27. The van der Waals surface area contributed by atoms with Gasteiger partial charge in [-0.2, -0.15) is 0 Å². The van der Waals surface area contributed by atoms with E-state index in [-0.39, 0.29) is 13.2 Å². The van der Waals surface area contributed by atoms with E-state index in [2.05, 4.69) is 0 Å². The molecule has 0 aliphatic carbocycles. The summed E-state index contributed by atoms with van der Waals surface area (Å²) in [6, 6.07) is 12.3. The molecule has 2 aromatic rings. The molecule has 0 saturated carbocycles. The monoisotopic (exact) mass is 442 g/mol.